The molecule has 2 amide bonds. The molecule has 0 aromatic heterocycles. The number of nitrogens with one attached hydrogen (secondary N) is 1. The van der Waals surface area contributed by atoms with Crippen LogP contribution < -0.4 is 5.32 Å². The van der Waals surface area contributed by atoms with Crippen LogP contribution in [0.25, 0.3) is 0 Å². The number of fused-ring (bicyclic) bond motifs is 1. The largest absolute Gasteiger partial charge is 0.379 e. The van der Waals surface area contributed by atoms with Gasteiger partial charge in [-0.2, -0.15) is 0 Å². The Hall–Kier alpha value is -1.92. The van der Waals surface area contributed by atoms with Gasteiger partial charge in [0.25, 0.3) is 0 Å². The standard InChI is InChI=1S/C22H33N3O3/c1-16(2)21(24-10-12-28-13-11-24)15-23-22(27)14-20-19-7-5-4-6-18(19)8-9-25(20)17(3)26/h4-7,16,20-21H,8-15H2,1-3H3,(H,23,27). The molecule has 1 N–H and O–H groups in total. The topological polar surface area (TPSA) is 61.9 Å². The van der Waals surface area contributed by atoms with Crippen molar-refractivity contribution in [3.8, 4) is 0 Å². The third kappa shape index (κ3) is 4.92. The van der Waals surface area contributed by atoms with Crippen LogP contribution in [0.15, 0.2) is 24.3 Å². The van der Waals surface area contributed by atoms with Gasteiger partial charge in [0.05, 0.1) is 25.7 Å². The number of benzene rings is 1. The molecule has 0 spiro atoms. The van der Waals surface area contributed by atoms with E-state index in [0.29, 0.717) is 31.5 Å². The molecular weight excluding hydrogens is 354 g/mol. The molecule has 0 bridgehead atoms. The monoisotopic (exact) mass is 387 g/mol. The molecule has 3 rings (SSSR count). The fraction of sp³-hybridized carbons (Fsp3) is 0.636. The molecule has 6 heteroatoms. The Kier molecular flexibility index (Phi) is 7.08. The summed E-state index contributed by atoms with van der Waals surface area (Å²) in [7, 11) is 0. The third-order valence-corrected chi connectivity index (χ3v) is 5.99. The second-order valence-electron chi connectivity index (χ2n) is 8.14. The number of carbonyl (C=O) groups excluding carboxylic acids is 2. The van der Waals surface area contributed by atoms with Gasteiger partial charge in [-0.15, -0.1) is 0 Å². The van der Waals surface area contributed by atoms with Crippen LogP contribution in [-0.4, -0.2) is 67.0 Å². The van der Waals surface area contributed by atoms with E-state index in [9.17, 15) is 9.59 Å². The number of morpholine rings is 1. The summed E-state index contributed by atoms with van der Waals surface area (Å²) in [6.45, 7) is 10.6. The van der Waals surface area contributed by atoms with Gasteiger partial charge in [0.15, 0.2) is 0 Å². The number of hydrogen-bond acceptors (Lipinski definition) is 4. The van der Waals surface area contributed by atoms with Gasteiger partial charge in [-0.1, -0.05) is 38.1 Å². The van der Waals surface area contributed by atoms with Crippen LogP contribution >= 0.6 is 0 Å². The number of rotatable bonds is 6. The first-order chi connectivity index (χ1) is 13.5. The predicted molar refractivity (Wildman–Crippen MR) is 109 cm³/mol. The Morgan fingerprint density at radius 3 is 2.57 bits per heavy atom. The first-order valence-corrected chi connectivity index (χ1v) is 10.4. The summed E-state index contributed by atoms with van der Waals surface area (Å²) in [6, 6.07) is 8.28. The zero-order valence-electron chi connectivity index (χ0n) is 17.3. The molecule has 1 saturated heterocycles. The zero-order chi connectivity index (χ0) is 20.1. The summed E-state index contributed by atoms with van der Waals surface area (Å²) in [6.07, 6.45) is 1.16. The molecule has 1 fully saturated rings. The Morgan fingerprint density at radius 1 is 1.18 bits per heavy atom. The van der Waals surface area contributed by atoms with Crippen molar-refractivity contribution in [2.45, 2.75) is 45.7 Å². The van der Waals surface area contributed by atoms with E-state index < -0.39 is 0 Å². The maximum atomic E-state index is 12.8. The predicted octanol–water partition coefficient (Wildman–Crippen LogP) is 2.00. The third-order valence-electron chi connectivity index (χ3n) is 5.99. The van der Waals surface area contributed by atoms with E-state index in [1.54, 1.807) is 6.92 Å². The van der Waals surface area contributed by atoms with E-state index in [1.807, 2.05) is 23.1 Å². The lowest BCUT2D eigenvalue weighted by Gasteiger charge is -2.38. The quantitative estimate of drug-likeness (QED) is 0.811. The van der Waals surface area contributed by atoms with Crippen molar-refractivity contribution in [1.82, 2.24) is 15.1 Å². The molecule has 0 radical (unpaired) electrons. The molecule has 154 valence electrons. The minimum atomic E-state index is -0.177. The Morgan fingerprint density at radius 2 is 1.89 bits per heavy atom. The lowest BCUT2D eigenvalue weighted by molar-refractivity contribution is -0.133. The Balaban J connectivity index is 1.64. The molecular formula is C22H33N3O3. The van der Waals surface area contributed by atoms with E-state index in [4.69, 9.17) is 4.74 Å². The average molecular weight is 388 g/mol. The van der Waals surface area contributed by atoms with Gasteiger partial charge < -0.3 is 15.0 Å². The molecule has 2 atom stereocenters. The molecule has 2 aliphatic rings. The molecule has 2 unspecified atom stereocenters. The van der Waals surface area contributed by atoms with Crippen molar-refractivity contribution < 1.29 is 14.3 Å². The van der Waals surface area contributed by atoms with Crippen molar-refractivity contribution in [2.24, 2.45) is 5.92 Å². The normalized spacial score (nSPS) is 21.3. The molecule has 1 aromatic carbocycles. The minimum absolute atomic E-state index is 0.00635. The Bertz CT molecular complexity index is 685. The van der Waals surface area contributed by atoms with Gasteiger partial charge >= 0.3 is 0 Å². The summed E-state index contributed by atoms with van der Waals surface area (Å²) < 4.78 is 5.46. The number of nitrogens with zero attached hydrogens (tertiary/aromatic N) is 2. The highest BCUT2D eigenvalue weighted by atomic mass is 16.5. The van der Waals surface area contributed by atoms with Crippen molar-refractivity contribution in [3.05, 3.63) is 35.4 Å². The summed E-state index contributed by atoms with van der Waals surface area (Å²) in [4.78, 5) is 29.2. The van der Waals surface area contributed by atoms with E-state index >= 15 is 0 Å². The minimum Gasteiger partial charge on any atom is -0.379 e. The highest BCUT2D eigenvalue weighted by Gasteiger charge is 2.31. The van der Waals surface area contributed by atoms with E-state index in [1.165, 1.54) is 5.56 Å². The van der Waals surface area contributed by atoms with Crippen LogP contribution in [0.4, 0.5) is 0 Å². The van der Waals surface area contributed by atoms with Gasteiger partial charge in [0, 0.05) is 39.1 Å². The maximum absolute atomic E-state index is 12.8. The summed E-state index contributed by atoms with van der Waals surface area (Å²) in [5.41, 5.74) is 2.35. The second-order valence-corrected chi connectivity index (χ2v) is 8.14. The summed E-state index contributed by atoms with van der Waals surface area (Å²) in [5.74, 6) is 0.482. The van der Waals surface area contributed by atoms with E-state index in [0.717, 1.165) is 38.3 Å². The molecule has 6 nitrogen and oxygen atoms in total. The number of amides is 2. The number of hydrogen-bond donors (Lipinski definition) is 1. The van der Waals surface area contributed by atoms with Crippen LogP contribution in [0.3, 0.4) is 0 Å². The number of carbonyl (C=O) groups is 2. The summed E-state index contributed by atoms with van der Waals surface area (Å²) in [5, 5.41) is 3.14. The number of ether oxygens (including phenoxy) is 1. The SMILES string of the molecule is CC(=O)N1CCc2ccccc2C1CC(=O)NCC(C(C)C)N1CCOCC1. The van der Waals surface area contributed by atoms with Crippen molar-refractivity contribution in [2.75, 3.05) is 39.4 Å². The van der Waals surface area contributed by atoms with Gasteiger partial charge in [0.2, 0.25) is 11.8 Å². The fourth-order valence-electron chi connectivity index (χ4n) is 4.41. The summed E-state index contributed by atoms with van der Waals surface area (Å²) >= 11 is 0. The van der Waals surface area contributed by atoms with Crippen LogP contribution in [0.5, 0.6) is 0 Å². The molecule has 28 heavy (non-hydrogen) atoms. The van der Waals surface area contributed by atoms with Crippen LogP contribution in [0.2, 0.25) is 0 Å². The van der Waals surface area contributed by atoms with E-state index in [2.05, 4.69) is 30.1 Å². The van der Waals surface area contributed by atoms with Crippen molar-refractivity contribution >= 4 is 11.8 Å². The lowest BCUT2D eigenvalue weighted by atomic mass is 9.90. The highest BCUT2D eigenvalue weighted by Crippen LogP contribution is 2.32. The molecule has 2 aliphatic heterocycles. The first kappa shape index (κ1) is 20.8. The van der Waals surface area contributed by atoms with Gasteiger partial charge in [-0.05, 0) is 23.5 Å². The van der Waals surface area contributed by atoms with Gasteiger partial charge in [-0.25, -0.2) is 0 Å². The molecule has 2 heterocycles. The van der Waals surface area contributed by atoms with Crippen molar-refractivity contribution in [1.29, 1.82) is 0 Å². The second kappa shape index (κ2) is 9.52. The first-order valence-electron chi connectivity index (χ1n) is 10.4. The van der Waals surface area contributed by atoms with Gasteiger partial charge in [0.1, 0.15) is 0 Å². The van der Waals surface area contributed by atoms with E-state index in [-0.39, 0.29) is 17.9 Å². The molecule has 0 saturated carbocycles. The smallest absolute Gasteiger partial charge is 0.222 e. The van der Waals surface area contributed by atoms with Crippen LogP contribution in [-0.2, 0) is 20.7 Å². The maximum Gasteiger partial charge on any atom is 0.222 e. The Labute approximate surface area is 168 Å². The van der Waals surface area contributed by atoms with Crippen LogP contribution in [0, 0.1) is 5.92 Å². The van der Waals surface area contributed by atoms with Crippen molar-refractivity contribution in [3.63, 3.8) is 0 Å². The molecule has 0 aliphatic carbocycles. The lowest BCUT2D eigenvalue weighted by Crippen LogP contribution is -2.51. The fourth-order valence-corrected chi connectivity index (χ4v) is 4.41. The molecule has 1 aromatic rings. The van der Waals surface area contributed by atoms with Gasteiger partial charge in [-0.3, -0.25) is 14.5 Å². The highest BCUT2D eigenvalue weighted by molar-refractivity contribution is 5.79. The average Bonchev–Trinajstić information content (AvgIpc) is 2.68. The zero-order valence-corrected chi connectivity index (χ0v) is 17.3. The van der Waals surface area contributed by atoms with Crippen LogP contribution in [0.1, 0.15) is 44.4 Å².